The molecule has 0 bridgehead atoms. The number of carbonyl (C=O) groups excluding carboxylic acids is 1. The summed E-state index contributed by atoms with van der Waals surface area (Å²) in [5.74, 6) is -0.0840. The first-order valence-electron chi connectivity index (χ1n) is 6.81. The van der Waals surface area contributed by atoms with Gasteiger partial charge in [-0.3, -0.25) is 9.79 Å². The van der Waals surface area contributed by atoms with E-state index in [2.05, 4.69) is 16.4 Å². The van der Waals surface area contributed by atoms with Gasteiger partial charge in [-0.2, -0.15) is 0 Å². The van der Waals surface area contributed by atoms with Crippen LogP contribution in [-0.4, -0.2) is 42.7 Å². The number of carbonyl (C=O) groups is 1. The van der Waals surface area contributed by atoms with Crippen LogP contribution in [0.5, 0.6) is 0 Å². The smallest absolute Gasteiger partial charge is 0.260 e. The van der Waals surface area contributed by atoms with E-state index < -0.39 is 5.54 Å². The molecule has 1 spiro atoms. The van der Waals surface area contributed by atoms with Crippen LogP contribution in [0.3, 0.4) is 0 Å². The lowest BCUT2D eigenvalue weighted by molar-refractivity contribution is -0.175. The molecule has 3 heterocycles. The molecule has 1 aliphatic carbocycles. The average Bonchev–Trinajstić information content (AvgIpc) is 2.82. The fraction of sp³-hybridized carbons (Fsp3) is 0.571. The Morgan fingerprint density at radius 1 is 1.47 bits per heavy atom. The first-order chi connectivity index (χ1) is 9.32. The van der Waals surface area contributed by atoms with Crippen molar-refractivity contribution in [2.45, 2.75) is 43.1 Å². The molecule has 5 heteroatoms. The van der Waals surface area contributed by atoms with Crippen LogP contribution in [-0.2, 0) is 14.3 Å². The summed E-state index contributed by atoms with van der Waals surface area (Å²) in [6, 6.07) is 0. The lowest BCUT2D eigenvalue weighted by Crippen LogP contribution is -2.64. The van der Waals surface area contributed by atoms with Gasteiger partial charge in [0.2, 0.25) is 0 Å². The summed E-state index contributed by atoms with van der Waals surface area (Å²) < 4.78 is 12.0. The predicted octanol–water partition coefficient (Wildman–Crippen LogP) is 0.716. The molecule has 4 atom stereocenters. The number of allylic oxidation sites excluding steroid dienone is 2. The van der Waals surface area contributed by atoms with Gasteiger partial charge >= 0.3 is 0 Å². The highest BCUT2D eigenvalue weighted by molar-refractivity contribution is 6.03. The highest BCUT2D eigenvalue weighted by atomic mass is 16.6. The normalized spacial score (nSPS) is 43.7. The molecule has 0 aromatic rings. The molecule has 2 saturated heterocycles. The van der Waals surface area contributed by atoms with Crippen molar-refractivity contribution in [3.05, 3.63) is 23.8 Å². The summed E-state index contributed by atoms with van der Waals surface area (Å²) in [6.07, 6.45) is 9.84. The van der Waals surface area contributed by atoms with Crippen LogP contribution in [0, 0.1) is 0 Å². The Morgan fingerprint density at radius 2 is 2.42 bits per heavy atom. The highest BCUT2D eigenvalue weighted by Crippen LogP contribution is 2.45. The van der Waals surface area contributed by atoms with Gasteiger partial charge in [-0.05, 0) is 24.8 Å². The number of fused-ring (bicyclic) bond motifs is 4. The molecular weight excluding hydrogens is 244 g/mol. The van der Waals surface area contributed by atoms with Crippen LogP contribution < -0.4 is 5.32 Å². The molecule has 5 nitrogen and oxygen atoms in total. The minimum Gasteiger partial charge on any atom is -0.372 e. The van der Waals surface area contributed by atoms with E-state index in [1.807, 2.05) is 12.2 Å². The third-order valence-corrected chi connectivity index (χ3v) is 4.38. The van der Waals surface area contributed by atoms with Gasteiger partial charge < -0.3 is 14.8 Å². The predicted molar refractivity (Wildman–Crippen MR) is 68.8 cm³/mol. The second-order valence-electron chi connectivity index (χ2n) is 5.38. The second kappa shape index (κ2) is 4.02. The Kier molecular flexibility index (Phi) is 2.40. The lowest BCUT2D eigenvalue weighted by atomic mass is 9.73. The van der Waals surface area contributed by atoms with Crippen LogP contribution in [0.1, 0.15) is 19.3 Å². The summed E-state index contributed by atoms with van der Waals surface area (Å²) in [5, 5.41) is 2.72. The van der Waals surface area contributed by atoms with E-state index in [0.29, 0.717) is 6.61 Å². The first kappa shape index (κ1) is 11.4. The molecule has 4 aliphatic rings. The van der Waals surface area contributed by atoms with Crippen molar-refractivity contribution in [1.82, 2.24) is 5.32 Å². The average molecular weight is 260 g/mol. The zero-order valence-corrected chi connectivity index (χ0v) is 10.5. The molecule has 0 saturated carbocycles. The third kappa shape index (κ3) is 1.42. The number of hydrogen-bond acceptors (Lipinski definition) is 4. The molecule has 0 aromatic carbocycles. The van der Waals surface area contributed by atoms with Gasteiger partial charge in [0.15, 0.2) is 5.54 Å². The van der Waals surface area contributed by atoms with Crippen LogP contribution in [0.15, 0.2) is 28.8 Å². The molecule has 1 amide bonds. The monoisotopic (exact) mass is 260 g/mol. The number of nitrogens with one attached hydrogen (secondary N) is 1. The number of ether oxygens (including phenoxy) is 2. The van der Waals surface area contributed by atoms with Gasteiger partial charge in [0.25, 0.3) is 5.91 Å². The van der Waals surface area contributed by atoms with Gasteiger partial charge in [-0.25, -0.2) is 0 Å². The summed E-state index contributed by atoms with van der Waals surface area (Å²) in [4.78, 5) is 16.9. The minimum atomic E-state index is -0.904. The molecule has 100 valence electrons. The molecule has 0 aromatic heterocycles. The van der Waals surface area contributed by atoms with Crippen LogP contribution in [0.25, 0.3) is 0 Å². The van der Waals surface area contributed by atoms with Gasteiger partial charge in [0.1, 0.15) is 6.10 Å². The Hall–Kier alpha value is -1.46. The number of nitrogens with zero attached hydrogens (tertiary/aromatic N) is 1. The summed E-state index contributed by atoms with van der Waals surface area (Å²) in [5.41, 5.74) is 0.0306. The maximum Gasteiger partial charge on any atom is 0.260 e. The summed E-state index contributed by atoms with van der Waals surface area (Å²) in [7, 11) is 0. The van der Waals surface area contributed by atoms with Gasteiger partial charge in [-0.1, -0.05) is 18.2 Å². The number of hydrogen-bond donors (Lipinski definition) is 1. The van der Waals surface area contributed by atoms with Crippen molar-refractivity contribution in [1.29, 1.82) is 0 Å². The Balaban J connectivity index is 1.85. The molecule has 3 aliphatic heterocycles. The lowest BCUT2D eigenvalue weighted by Gasteiger charge is -2.49. The summed E-state index contributed by atoms with van der Waals surface area (Å²) in [6.45, 7) is 0.670. The Labute approximate surface area is 111 Å². The second-order valence-corrected chi connectivity index (χ2v) is 5.38. The molecule has 4 unspecified atom stereocenters. The van der Waals surface area contributed by atoms with E-state index in [1.165, 1.54) is 6.34 Å². The Bertz CT molecular complexity index is 511. The minimum absolute atomic E-state index is 0.0385. The van der Waals surface area contributed by atoms with E-state index in [9.17, 15) is 4.79 Å². The number of amides is 1. The quantitative estimate of drug-likeness (QED) is 0.698. The highest BCUT2D eigenvalue weighted by Gasteiger charge is 2.60. The SMILES string of the molecule is O=C1NC=NC12C1=CC=CCC1OC1CCCOC12. The van der Waals surface area contributed by atoms with Crippen molar-refractivity contribution in [2.24, 2.45) is 4.99 Å². The third-order valence-electron chi connectivity index (χ3n) is 4.38. The van der Waals surface area contributed by atoms with E-state index in [-0.39, 0.29) is 24.2 Å². The topological polar surface area (TPSA) is 59.9 Å². The van der Waals surface area contributed by atoms with Crippen molar-refractivity contribution in [3.63, 3.8) is 0 Å². The molecule has 1 N–H and O–H groups in total. The fourth-order valence-electron chi connectivity index (χ4n) is 3.54. The van der Waals surface area contributed by atoms with Crippen molar-refractivity contribution in [3.8, 4) is 0 Å². The van der Waals surface area contributed by atoms with E-state index >= 15 is 0 Å². The van der Waals surface area contributed by atoms with Gasteiger partial charge in [0, 0.05) is 6.61 Å². The largest absolute Gasteiger partial charge is 0.372 e. The molecule has 2 fully saturated rings. The van der Waals surface area contributed by atoms with Crippen LogP contribution in [0.4, 0.5) is 0 Å². The van der Waals surface area contributed by atoms with Crippen molar-refractivity contribution < 1.29 is 14.3 Å². The number of aliphatic imine (C=N–C) groups is 1. The number of rotatable bonds is 0. The van der Waals surface area contributed by atoms with E-state index in [1.54, 1.807) is 0 Å². The zero-order valence-electron chi connectivity index (χ0n) is 10.5. The van der Waals surface area contributed by atoms with E-state index in [0.717, 1.165) is 24.8 Å². The standard InChI is InChI=1S/C14H16N2O3/c17-13-14(16-8-15-13)9-4-1-2-5-10(9)19-11-6-3-7-18-12(11)14/h1-2,4,8,10-12H,3,5-7H2,(H,15,16,17). The molecule has 4 rings (SSSR count). The van der Waals surface area contributed by atoms with Gasteiger partial charge in [0.05, 0.1) is 18.5 Å². The molecule has 19 heavy (non-hydrogen) atoms. The van der Waals surface area contributed by atoms with Gasteiger partial charge in [-0.15, -0.1) is 0 Å². The summed E-state index contributed by atoms with van der Waals surface area (Å²) >= 11 is 0. The van der Waals surface area contributed by atoms with E-state index in [4.69, 9.17) is 9.47 Å². The van der Waals surface area contributed by atoms with Crippen LogP contribution >= 0.6 is 0 Å². The van der Waals surface area contributed by atoms with Crippen molar-refractivity contribution >= 4 is 12.2 Å². The van der Waals surface area contributed by atoms with Crippen molar-refractivity contribution in [2.75, 3.05) is 6.61 Å². The maximum atomic E-state index is 12.4. The van der Waals surface area contributed by atoms with Crippen LogP contribution in [0.2, 0.25) is 0 Å². The zero-order chi connectivity index (χ0) is 12.9. The molecular formula is C14H16N2O3. The molecule has 0 radical (unpaired) electrons. The first-order valence-corrected chi connectivity index (χ1v) is 6.81. The fourth-order valence-corrected chi connectivity index (χ4v) is 3.54. The Morgan fingerprint density at radius 3 is 3.26 bits per heavy atom. The maximum absolute atomic E-state index is 12.4.